The highest BCUT2D eigenvalue weighted by Gasteiger charge is 2.35. The van der Waals surface area contributed by atoms with E-state index in [1.807, 2.05) is 0 Å². The van der Waals surface area contributed by atoms with Gasteiger partial charge in [-0.15, -0.1) is 0 Å². The molecule has 0 heterocycles. The van der Waals surface area contributed by atoms with E-state index in [0.29, 0.717) is 0 Å². The summed E-state index contributed by atoms with van der Waals surface area (Å²) in [7, 11) is 0. The van der Waals surface area contributed by atoms with Crippen molar-refractivity contribution in [3.8, 4) is 44.5 Å². The van der Waals surface area contributed by atoms with Crippen LogP contribution in [0.25, 0.3) is 76.8 Å². The van der Waals surface area contributed by atoms with E-state index >= 15 is 0 Å². The molecule has 0 atom stereocenters. The highest BCUT2D eigenvalue weighted by molar-refractivity contribution is 6.13. The molecule has 0 aliphatic heterocycles. The molecule has 0 saturated heterocycles. The number of hydrogen-bond donors (Lipinski definition) is 0. The largest absolute Gasteiger partial charge is 0.0619 e. The lowest BCUT2D eigenvalue weighted by Gasteiger charge is -2.22. The van der Waals surface area contributed by atoms with Crippen LogP contribution >= 0.6 is 0 Å². The summed E-state index contributed by atoms with van der Waals surface area (Å²) in [5, 5.41) is 7.70. The van der Waals surface area contributed by atoms with Gasteiger partial charge in [-0.1, -0.05) is 147 Å². The van der Waals surface area contributed by atoms with Crippen LogP contribution in [0.15, 0.2) is 158 Å². The van der Waals surface area contributed by atoms with Gasteiger partial charge in [0.2, 0.25) is 0 Å². The van der Waals surface area contributed by atoms with Gasteiger partial charge in [0.25, 0.3) is 0 Å². The molecular formula is C45H32. The third-order valence-electron chi connectivity index (χ3n) is 10.1. The quantitative estimate of drug-likeness (QED) is 0.185. The van der Waals surface area contributed by atoms with Crippen molar-refractivity contribution in [1.29, 1.82) is 0 Å². The van der Waals surface area contributed by atoms with Gasteiger partial charge in [-0.05, 0) is 112 Å². The molecule has 0 N–H and O–H groups in total. The van der Waals surface area contributed by atoms with Crippen molar-refractivity contribution in [1.82, 2.24) is 0 Å². The van der Waals surface area contributed by atoms with Crippen LogP contribution < -0.4 is 0 Å². The normalized spacial score (nSPS) is 13.3. The number of benzene rings is 8. The minimum atomic E-state index is 0.00460. The molecule has 1 aliphatic rings. The Morgan fingerprint density at radius 2 is 0.844 bits per heavy atom. The molecule has 8 aromatic rings. The van der Waals surface area contributed by atoms with Crippen molar-refractivity contribution in [2.75, 3.05) is 0 Å². The van der Waals surface area contributed by atoms with Crippen LogP contribution in [0, 0.1) is 0 Å². The molecule has 0 aromatic heterocycles. The van der Waals surface area contributed by atoms with Gasteiger partial charge in [-0.25, -0.2) is 0 Å². The Morgan fingerprint density at radius 1 is 0.311 bits per heavy atom. The molecule has 0 amide bonds. The van der Waals surface area contributed by atoms with E-state index in [1.54, 1.807) is 0 Å². The Kier molecular flexibility index (Phi) is 5.64. The zero-order valence-electron chi connectivity index (χ0n) is 25.5. The summed E-state index contributed by atoms with van der Waals surface area (Å²) < 4.78 is 0. The topological polar surface area (TPSA) is 0 Å². The van der Waals surface area contributed by atoms with Crippen LogP contribution in [-0.4, -0.2) is 0 Å². The van der Waals surface area contributed by atoms with Gasteiger partial charge in [-0.2, -0.15) is 0 Å². The molecule has 45 heavy (non-hydrogen) atoms. The molecule has 1 aliphatic carbocycles. The Bertz CT molecular complexity index is 2440. The maximum Gasteiger partial charge on any atom is 0.0159 e. The van der Waals surface area contributed by atoms with Gasteiger partial charge in [0.1, 0.15) is 0 Å². The first-order chi connectivity index (χ1) is 22.0. The van der Waals surface area contributed by atoms with E-state index in [-0.39, 0.29) is 5.41 Å². The highest BCUT2D eigenvalue weighted by atomic mass is 14.4. The van der Waals surface area contributed by atoms with E-state index in [1.165, 1.54) is 88.0 Å². The molecule has 0 unspecified atom stereocenters. The van der Waals surface area contributed by atoms with Crippen molar-refractivity contribution in [2.45, 2.75) is 19.3 Å². The Labute approximate surface area is 264 Å². The molecule has 0 nitrogen and oxygen atoms in total. The van der Waals surface area contributed by atoms with E-state index in [9.17, 15) is 0 Å². The first kappa shape index (κ1) is 26.0. The fraction of sp³-hybridized carbons (Fsp3) is 0.0667. The van der Waals surface area contributed by atoms with Crippen LogP contribution in [-0.2, 0) is 5.41 Å². The Hall–Kier alpha value is -5.46. The Morgan fingerprint density at radius 3 is 1.62 bits per heavy atom. The van der Waals surface area contributed by atoms with Gasteiger partial charge in [0.15, 0.2) is 0 Å². The summed E-state index contributed by atoms with van der Waals surface area (Å²) in [6.45, 7) is 4.69. The molecule has 8 aromatic carbocycles. The summed E-state index contributed by atoms with van der Waals surface area (Å²) in [6.07, 6.45) is 0. The Balaban J connectivity index is 1.05. The third-order valence-corrected chi connectivity index (χ3v) is 10.1. The number of fused-ring (bicyclic) bond motifs is 7. The second-order valence-corrected chi connectivity index (χ2v) is 13.0. The van der Waals surface area contributed by atoms with Gasteiger partial charge in [0, 0.05) is 5.41 Å². The third kappa shape index (κ3) is 4.06. The van der Waals surface area contributed by atoms with Crippen LogP contribution in [0.3, 0.4) is 0 Å². The predicted molar refractivity (Wildman–Crippen MR) is 193 cm³/mol. The smallest absolute Gasteiger partial charge is 0.0159 e. The lowest BCUT2D eigenvalue weighted by Crippen LogP contribution is -2.14. The van der Waals surface area contributed by atoms with Crippen molar-refractivity contribution < 1.29 is 0 Å². The van der Waals surface area contributed by atoms with E-state index in [0.717, 1.165) is 0 Å². The van der Waals surface area contributed by atoms with E-state index in [2.05, 4.69) is 172 Å². The minimum absolute atomic E-state index is 0.00460. The van der Waals surface area contributed by atoms with Crippen molar-refractivity contribution >= 4 is 32.3 Å². The summed E-state index contributed by atoms with van der Waals surface area (Å²) in [5.74, 6) is 0. The maximum atomic E-state index is 2.41. The zero-order valence-corrected chi connectivity index (χ0v) is 25.5. The van der Waals surface area contributed by atoms with Crippen molar-refractivity contribution in [3.63, 3.8) is 0 Å². The summed E-state index contributed by atoms with van der Waals surface area (Å²) in [4.78, 5) is 0. The van der Waals surface area contributed by atoms with Crippen LogP contribution in [0.4, 0.5) is 0 Å². The molecule has 0 radical (unpaired) electrons. The second kappa shape index (κ2) is 9.78. The lowest BCUT2D eigenvalue weighted by molar-refractivity contribution is 0.660. The average Bonchev–Trinajstić information content (AvgIpc) is 3.33. The zero-order chi connectivity index (χ0) is 30.1. The molecule has 0 heteroatoms. The van der Waals surface area contributed by atoms with E-state index in [4.69, 9.17) is 0 Å². The summed E-state index contributed by atoms with van der Waals surface area (Å²) >= 11 is 0. The van der Waals surface area contributed by atoms with Gasteiger partial charge < -0.3 is 0 Å². The molecule has 0 spiro atoms. The monoisotopic (exact) mass is 572 g/mol. The van der Waals surface area contributed by atoms with Gasteiger partial charge in [-0.3, -0.25) is 0 Å². The van der Waals surface area contributed by atoms with Crippen molar-refractivity contribution in [3.05, 3.63) is 169 Å². The molecule has 0 saturated carbocycles. The molecular weight excluding hydrogens is 540 g/mol. The maximum absolute atomic E-state index is 2.41. The average molecular weight is 573 g/mol. The lowest BCUT2D eigenvalue weighted by atomic mass is 9.81. The van der Waals surface area contributed by atoms with Crippen LogP contribution in [0.1, 0.15) is 25.0 Å². The van der Waals surface area contributed by atoms with Crippen molar-refractivity contribution in [2.24, 2.45) is 0 Å². The molecule has 0 fully saturated rings. The van der Waals surface area contributed by atoms with Gasteiger partial charge in [0.05, 0.1) is 0 Å². The fourth-order valence-corrected chi connectivity index (χ4v) is 7.62. The highest BCUT2D eigenvalue weighted by Crippen LogP contribution is 2.49. The van der Waals surface area contributed by atoms with E-state index < -0.39 is 0 Å². The fourth-order valence-electron chi connectivity index (χ4n) is 7.62. The predicted octanol–water partition coefficient (Wildman–Crippen LogP) is 12.5. The number of rotatable bonds is 3. The minimum Gasteiger partial charge on any atom is -0.0619 e. The van der Waals surface area contributed by atoms with Gasteiger partial charge >= 0.3 is 0 Å². The SMILES string of the molecule is CC1(C)c2ccccc2-c2ccc(-c3ccc4cc(-c5ccc(-c6cc7ccccc7c7ccccc67)cc5)ccc4c3)cc21. The molecule has 0 bridgehead atoms. The number of hydrogen-bond acceptors (Lipinski definition) is 0. The molecule has 212 valence electrons. The standard InChI is InChI=1S/C45H32/c1-45(2)43-14-8-7-13-40(43)41-24-23-35(28-44(41)45)34-22-21-32-25-31(19-20-33(32)26-34)29-15-17-30(18-16-29)42-27-36-9-3-4-10-37(36)38-11-5-6-12-39(38)42/h3-28H,1-2H3. The summed E-state index contributed by atoms with van der Waals surface area (Å²) in [5.41, 5.74) is 13.1. The second-order valence-electron chi connectivity index (χ2n) is 13.0. The van der Waals surface area contributed by atoms with Crippen LogP contribution in [0.5, 0.6) is 0 Å². The summed E-state index contributed by atoms with van der Waals surface area (Å²) in [6, 6.07) is 58.4. The first-order valence-electron chi connectivity index (χ1n) is 15.8. The molecule has 9 rings (SSSR count). The first-order valence-corrected chi connectivity index (χ1v) is 15.8. The van der Waals surface area contributed by atoms with Crippen LogP contribution in [0.2, 0.25) is 0 Å².